The molecule has 0 aromatic carbocycles. The van der Waals surface area contributed by atoms with E-state index in [0.717, 1.165) is 25.9 Å². The third-order valence-electron chi connectivity index (χ3n) is 3.70. The summed E-state index contributed by atoms with van der Waals surface area (Å²) in [4.78, 5) is 24.9. The van der Waals surface area contributed by atoms with E-state index in [-0.39, 0.29) is 11.5 Å². The Morgan fingerprint density at radius 1 is 1.47 bits per heavy atom. The highest BCUT2D eigenvalue weighted by Gasteiger charge is 2.21. The van der Waals surface area contributed by atoms with Crippen LogP contribution in [-0.4, -0.2) is 46.5 Å². The van der Waals surface area contributed by atoms with E-state index >= 15 is 0 Å². The molecule has 1 saturated heterocycles. The SMILES string of the molecule is CC(=O)c1cc(C(=O)O)n(CC2CCCN(C)C2)c1. The summed E-state index contributed by atoms with van der Waals surface area (Å²) in [6.07, 6.45) is 3.92. The van der Waals surface area contributed by atoms with Gasteiger partial charge in [0.2, 0.25) is 0 Å². The summed E-state index contributed by atoms with van der Waals surface area (Å²) in [6.45, 7) is 4.21. The van der Waals surface area contributed by atoms with Crippen molar-refractivity contribution in [2.24, 2.45) is 5.92 Å². The molecule has 2 rings (SSSR count). The third kappa shape index (κ3) is 3.23. The topological polar surface area (TPSA) is 62.5 Å². The second-order valence-corrected chi connectivity index (χ2v) is 5.40. The van der Waals surface area contributed by atoms with Gasteiger partial charge in [-0.1, -0.05) is 0 Å². The molecule has 0 aliphatic carbocycles. The first-order valence-corrected chi connectivity index (χ1v) is 6.60. The number of carboxylic acids is 1. The lowest BCUT2D eigenvalue weighted by atomic mass is 9.98. The van der Waals surface area contributed by atoms with Gasteiger partial charge in [-0.3, -0.25) is 4.79 Å². The Kier molecular flexibility index (Phi) is 4.04. The van der Waals surface area contributed by atoms with Gasteiger partial charge in [-0.25, -0.2) is 4.79 Å². The average molecular weight is 264 g/mol. The number of ketones is 1. The number of carbonyl (C=O) groups excluding carboxylic acids is 1. The van der Waals surface area contributed by atoms with Crippen LogP contribution in [0.15, 0.2) is 12.3 Å². The van der Waals surface area contributed by atoms with Gasteiger partial charge in [0.15, 0.2) is 5.78 Å². The number of nitrogens with zero attached hydrogens (tertiary/aromatic N) is 2. The minimum atomic E-state index is -0.975. The summed E-state index contributed by atoms with van der Waals surface area (Å²) in [7, 11) is 2.08. The van der Waals surface area contributed by atoms with Gasteiger partial charge in [-0.2, -0.15) is 0 Å². The molecule has 1 N–H and O–H groups in total. The van der Waals surface area contributed by atoms with Crippen molar-refractivity contribution in [1.82, 2.24) is 9.47 Å². The van der Waals surface area contributed by atoms with Crippen molar-refractivity contribution in [3.63, 3.8) is 0 Å². The highest BCUT2D eigenvalue weighted by Crippen LogP contribution is 2.19. The number of aromatic nitrogens is 1. The summed E-state index contributed by atoms with van der Waals surface area (Å²) in [5, 5.41) is 9.20. The van der Waals surface area contributed by atoms with Crippen LogP contribution in [0.4, 0.5) is 0 Å². The molecule has 19 heavy (non-hydrogen) atoms. The summed E-state index contributed by atoms with van der Waals surface area (Å²) >= 11 is 0. The first-order chi connectivity index (χ1) is 8.97. The van der Waals surface area contributed by atoms with E-state index in [1.807, 2.05) is 0 Å². The van der Waals surface area contributed by atoms with Crippen LogP contribution in [0.3, 0.4) is 0 Å². The third-order valence-corrected chi connectivity index (χ3v) is 3.70. The average Bonchev–Trinajstić information content (AvgIpc) is 2.73. The molecule has 1 aliphatic rings. The molecule has 0 saturated carbocycles. The number of hydrogen-bond donors (Lipinski definition) is 1. The molecule has 1 aromatic rings. The molecular weight excluding hydrogens is 244 g/mol. The van der Waals surface area contributed by atoms with Gasteiger partial charge in [-0.05, 0) is 45.3 Å². The zero-order chi connectivity index (χ0) is 14.0. The fourth-order valence-corrected chi connectivity index (χ4v) is 2.73. The molecule has 0 bridgehead atoms. The molecule has 5 nitrogen and oxygen atoms in total. The quantitative estimate of drug-likeness (QED) is 0.841. The normalized spacial score (nSPS) is 20.4. The summed E-state index contributed by atoms with van der Waals surface area (Å²) in [5.41, 5.74) is 0.681. The number of carbonyl (C=O) groups is 2. The maximum atomic E-state index is 11.4. The van der Waals surface area contributed by atoms with Gasteiger partial charge in [0, 0.05) is 24.8 Å². The first-order valence-electron chi connectivity index (χ1n) is 6.60. The standard InChI is InChI=1S/C14H20N2O3/c1-10(17)12-6-13(14(18)19)16(9-12)8-11-4-3-5-15(2)7-11/h6,9,11H,3-5,7-8H2,1-2H3,(H,18,19). The largest absolute Gasteiger partial charge is 0.477 e. The number of aromatic carboxylic acids is 1. The first kappa shape index (κ1) is 13.8. The number of likely N-dealkylation sites (tertiary alicyclic amines) is 1. The van der Waals surface area contributed by atoms with Crippen molar-refractivity contribution < 1.29 is 14.7 Å². The number of piperidine rings is 1. The zero-order valence-corrected chi connectivity index (χ0v) is 11.4. The Balaban J connectivity index is 2.18. The molecule has 0 radical (unpaired) electrons. The number of carboxylic acid groups (broad SMARTS) is 1. The van der Waals surface area contributed by atoms with E-state index in [9.17, 15) is 14.7 Å². The van der Waals surface area contributed by atoms with Crippen molar-refractivity contribution in [3.8, 4) is 0 Å². The monoisotopic (exact) mass is 264 g/mol. The van der Waals surface area contributed by atoms with Gasteiger partial charge in [0.1, 0.15) is 5.69 Å². The predicted octanol–water partition coefficient (Wildman–Crippen LogP) is 1.73. The van der Waals surface area contributed by atoms with Crippen molar-refractivity contribution >= 4 is 11.8 Å². The minimum Gasteiger partial charge on any atom is -0.477 e. The summed E-state index contributed by atoms with van der Waals surface area (Å²) < 4.78 is 1.71. The maximum absolute atomic E-state index is 11.4. The second kappa shape index (κ2) is 5.57. The van der Waals surface area contributed by atoms with Gasteiger partial charge in [0.25, 0.3) is 0 Å². The van der Waals surface area contributed by atoms with E-state index in [1.54, 1.807) is 10.8 Å². The van der Waals surface area contributed by atoms with Crippen molar-refractivity contribution in [3.05, 3.63) is 23.5 Å². The number of Topliss-reactive ketones (excluding diaryl/α,β-unsaturated/α-hetero) is 1. The predicted molar refractivity (Wildman–Crippen MR) is 71.6 cm³/mol. The van der Waals surface area contributed by atoms with Gasteiger partial charge in [0.05, 0.1) is 0 Å². The summed E-state index contributed by atoms with van der Waals surface area (Å²) in [6, 6.07) is 1.47. The Bertz CT molecular complexity index is 493. The van der Waals surface area contributed by atoms with Crippen molar-refractivity contribution in [2.45, 2.75) is 26.3 Å². The molecule has 2 heterocycles. The highest BCUT2D eigenvalue weighted by molar-refractivity contribution is 5.97. The maximum Gasteiger partial charge on any atom is 0.352 e. The van der Waals surface area contributed by atoms with Crippen LogP contribution in [0.1, 0.15) is 40.6 Å². The van der Waals surface area contributed by atoms with Gasteiger partial charge < -0.3 is 14.6 Å². The number of hydrogen-bond acceptors (Lipinski definition) is 3. The van der Waals surface area contributed by atoms with Crippen LogP contribution in [0.5, 0.6) is 0 Å². The van der Waals surface area contributed by atoms with Crippen LogP contribution in [0.2, 0.25) is 0 Å². The highest BCUT2D eigenvalue weighted by atomic mass is 16.4. The molecule has 104 valence electrons. The van der Waals surface area contributed by atoms with Crippen LogP contribution in [0.25, 0.3) is 0 Å². The second-order valence-electron chi connectivity index (χ2n) is 5.40. The lowest BCUT2D eigenvalue weighted by molar-refractivity contribution is 0.0682. The van der Waals surface area contributed by atoms with Gasteiger partial charge in [-0.15, -0.1) is 0 Å². The molecule has 0 spiro atoms. The molecule has 1 fully saturated rings. The Hall–Kier alpha value is -1.62. The Morgan fingerprint density at radius 2 is 2.21 bits per heavy atom. The van der Waals surface area contributed by atoms with E-state index in [2.05, 4.69) is 11.9 Å². The van der Waals surface area contributed by atoms with E-state index in [0.29, 0.717) is 18.0 Å². The molecular formula is C14H20N2O3. The fraction of sp³-hybridized carbons (Fsp3) is 0.571. The van der Waals surface area contributed by atoms with E-state index < -0.39 is 5.97 Å². The van der Waals surface area contributed by atoms with Crippen molar-refractivity contribution in [1.29, 1.82) is 0 Å². The van der Waals surface area contributed by atoms with Crippen LogP contribution in [0, 0.1) is 5.92 Å². The van der Waals surface area contributed by atoms with Crippen LogP contribution >= 0.6 is 0 Å². The molecule has 1 aromatic heterocycles. The van der Waals surface area contributed by atoms with Gasteiger partial charge >= 0.3 is 5.97 Å². The molecule has 0 amide bonds. The lowest BCUT2D eigenvalue weighted by Crippen LogP contribution is -2.34. The Morgan fingerprint density at radius 3 is 2.79 bits per heavy atom. The van der Waals surface area contributed by atoms with E-state index in [1.165, 1.54) is 13.0 Å². The minimum absolute atomic E-state index is 0.0954. The fourth-order valence-electron chi connectivity index (χ4n) is 2.73. The van der Waals surface area contributed by atoms with Crippen molar-refractivity contribution in [2.75, 3.05) is 20.1 Å². The molecule has 1 atom stereocenters. The van der Waals surface area contributed by atoms with Crippen LogP contribution in [-0.2, 0) is 6.54 Å². The van der Waals surface area contributed by atoms with Crippen LogP contribution < -0.4 is 0 Å². The number of rotatable bonds is 4. The van der Waals surface area contributed by atoms with E-state index in [4.69, 9.17) is 0 Å². The zero-order valence-electron chi connectivity index (χ0n) is 11.4. The molecule has 1 aliphatic heterocycles. The smallest absolute Gasteiger partial charge is 0.352 e. The Labute approximate surface area is 112 Å². The molecule has 1 unspecified atom stereocenters. The molecule has 5 heteroatoms. The lowest BCUT2D eigenvalue weighted by Gasteiger charge is -2.30. The summed E-state index contributed by atoms with van der Waals surface area (Å²) in [5.74, 6) is -0.622.